The van der Waals surface area contributed by atoms with Crippen molar-refractivity contribution in [1.29, 1.82) is 0 Å². The molecule has 0 aromatic heterocycles. The van der Waals surface area contributed by atoms with Crippen LogP contribution in [0.25, 0.3) is 0 Å². The number of hydrogen-bond donors (Lipinski definition) is 1. The Kier molecular flexibility index (Phi) is 2.81. The molecule has 2 aliphatic carbocycles. The second kappa shape index (κ2) is 4.31. The predicted octanol–water partition coefficient (Wildman–Crippen LogP) is 0.771. The van der Waals surface area contributed by atoms with E-state index >= 15 is 0 Å². The van der Waals surface area contributed by atoms with Crippen LogP contribution >= 0.6 is 0 Å². The van der Waals surface area contributed by atoms with Gasteiger partial charge in [0.25, 0.3) is 0 Å². The Balaban J connectivity index is 1.54. The molecule has 0 radical (unpaired) electrons. The number of nitrogens with zero attached hydrogens (tertiary/aromatic N) is 1. The fraction of sp³-hybridized carbons (Fsp3) is 0.846. The van der Waals surface area contributed by atoms with Gasteiger partial charge in [0.15, 0.2) is 0 Å². The van der Waals surface area contributed by atoms with E-state index in [1.807, 2.05) is 0 Å². The van der Waals surface area contributed by atoms with E-state index in [1.54, 1.807) is 4.90 Å². The van der Waals surface area contributed by atoms with Crippen LogP contribution in [-0.2, 0) is 9.59 Å². The van der Waals surface area contributed by atoms with Crippen LogP contribution < -0.4 is 5.32 Å². The van der Waals surface area contributed by atoms with Crippen molar-refractivity contribution in [2.45, 2.75) is 32.1 Å². The maximum Gasteiger partial charge on any atom is 0.239 e. The van der Waals surface area contributed by atoms with Gasteiger partial charge in [-0.1, -0.05) is 6.42 Å². The number of rotatable bonds is 2. The molecule has 3 fully saturated rings. The molecule has 94 valence electrons. The fourth-order valence-corrected chi connectivity index (χ4v) is 3.83. The molecule has 17 heavy (non-hydrogen) atoms. The highest BCUT2D eigenvalue weighted by atomic mass is 16.2. The average molecular weight is 236 g/mol. The second-order valence-electron chi connectivity index (χ2n) is 5.80. The maximum atomic E-state index is 12.1. The van der Waals surface area contributed by atoms with Crippen LogP contribution in [-0.4, -0.2) is 36.3 Å². The van der Waals surface area contributed by atoms with Crippen molar-refractivity contribution >= 4 is 11.8 Å². The Labute approximate surface area is 102 Å². The lowest BCUT2D eigenvalue weighted by Gasteiger charge is -2.29. The molecule has 4 heteroatoms. The van der Waals surface area contributed by atoms with Crippen molar-refractivity contribution in [2.24, 2.45) is 17.8 Å². The van der Waals surface area contributed by atoms with Crippen molar-refractivity contribution < 1.29 is 9.59 Å². The van der Waals surface area contributed by atoms with Gasteiger partial charge in [0.2, 0.25) is 11.8 Å². The van der Waals surface area contributed by atoms with Crippen LogP contribution in [0.1, 0.15) is 32.1 Å². The number of nitrogens with one attached hydrogen (secondary N) is 1. The minimum atomic E-state index is -0.0162. The number of piperazine rings is 1. The monoisotopic (exact) mass is 236 g/mol. The molecule has 3 aliphatic rings. The van der Waals surface area contributed by atoms with Gasteiger partial charge in [0.05, 0.1) is 6.54 Å². The molecule has 1 aliphatic heterocycles. The van der Waals surface area contributed by atoms with Gasteiger partial charge in [-0.15, -0.1) is 0 Å². The SMILES string of the molecule is O=C1CN(C(=O)CC2CC3CCC2C3)CCN1. The van der Waals surface area contributed by atoms with E-state index in [4.69, 9.17) is 0 Å². The minimum Gasteiger partial charge on any atom is -0.353 e. The van der Waals surface area contributed by atoms with E-state index in [0.717, 1.165) is 11.8 Å². The molecule has 0 aromatic rings. The quantitative estimate of drug-likeness (QED) is 0.770. The Hall–Kier alpha value is -1.06. The summed E-state index contributed by atoms with van der Waals surface area (Å²) in [6.07, 6.45) is 5.97. The largest absolute Gasteiger partial charge is 0.353 e. The van der Waals surface area contributed by atoms with Gasteiger partial charge in [0.1, 0.15) is 0 Å². The molecular formula is C13H20N2O2. The van der Waals surface area contributed by atoms with Gasteiger partial charge in [-0.05, 0) is 37.0 Å². The van der Waals surface area contributed by atoms with Crippen LogP contribution in [0.15, 0.2) is 0 Å². The summed E-state index contributed by atoms with van der Waals surface area (Å²) in [6, 6.07) is 0. The molecule has 2 bridgehead atoms. The van der Waals surface area contributed by atoms with Gasteiger partial charge in [0, 0.05) is 19.5 Å². The lowest BCUT2D eigenvalue weighted by molar-refractivity contribution is -0.139. The zero-order valence-corrected chi connectivity index (χ0v) is 10.2. The molecule has 0 spiro atoms. The van der Waals surface area contributed by atoms with Crippen molar-refractivity contribution in [2.75, 3.05) is 19.6 Å². The third-order valence-corrected chi connectivity index (χ3v) is 4.71. The maximum absolute atomic E-state index is 12.1. The van der Waals surface area contributed by atoms with Crippen LogP contribution in [0.5, 0.6) is 0 Å². The Bertz CT molecular complexity index is 342. The molecule has 3 atom stereocenters. The lowest BCUT2D eigenvalue weighted by atomic mass is 9.86. The molecule has 3 rings (SSSR count). The van der Waals surface area contributed by atoms with E-state index in [0.29, 0.717) is 25.4 Å². The molecule has 1 N–H and O–H groups in total. The van der Waals surface area contributed by atoms with Crippen LogP contribution in [0.4, 0.5) is 0 Å². The topological polar surface area (TPSA) is 49.4 Å². The highest BCUT2D eigenvalue weighted by Crippen LogP contribution is 2.49. The summed E-state index contributed by atoms with van der Waals surface area (Å²) in [5.74, 6) is 2.46. The number of fused-ring (bicyclic) bond motifs is 2. The normalized spacial score (nSPS) is 36.1. The number of amides is 2. The predicted molar refractivity (Wildman–Crippen MR) is 63.1 cm³/mol. The van der Waals surface area contributed by atoms with Crippen LogP contribution in [0.2, 0.25) is 0 Å². The van der Waals surface area contributed by atoms with Crippen molar-refractivity contribution in [3.8, 4) is 0 Å². The summed E-state index contributed by atoms with van der Waals surface area (Å²) in [7, 11) is 0. The first-order valence-corrected chi connectivity index (χ1v) is 6.77. The smallest absolute Gasteiger partial charge is 0.239 e. The summed E-state index contributed by atoms with van der Waals surface area (Å²) < 4.78 is 0. The van der Waals surface area contributed by atoms with Crippen molar-refractivity contribution in [3.63, 3.8) is 0 Å². The number of carbonyl (C=O) groups is 2. The van der Waals surface area contributed by atoms with Crippen molar-refractivity contribution in [3.05, 3.63) is 0 Å². The highest BCUT2D eigenvalue weighted by Gasteiger charge is 2.40. The molecule has 0 aromatic carbocycles. The molecule has 1 heterocycles. The first-order chi connectivity index (χ1) is 8.22. The van der Waals surface area contributed by atoms with Crippen LogP contribution in [0, 0.1) is 17.8 Å². The summed E-state index contributed by atoms with van der Waals surface area (Å²) in [4.78, 5) is 25.1. The molecule has 1 saturated heterocycles. The van der Waals surface area contributed by atoms with Crippen LogP contribution in [0.3, 0.4) is 0 Å². The fourth-order valence-electron chi connectivity index (χ4n) is 3.83. The average Bonchev–Trinajstić information content (AvgIpc) is 2.91. The van der Waals surface area contributed by atoms with Gasteiger partial charge >= 0.3 is 0 Å². The molecule has 4 nitrogen and oxygen atoms in total. The van der Waals surface area contributed by atoms with E-state index < -0.39 is 0 Å². The van der Waals surface area contributed by atoms with E-state index in [9.17, 15) is 9.59 Å². The zero-order valence-electron chi connectivity index (χ0n) is 10.2. The molecule has 2 saturated carbocycles. The Morgan fingerprint density at radius 3 is 2.88 bits per heavy atom. The lowest BCUT2D eigenvalue weighted by Crippen LogP contribution is -2.50. The standard InChI is InChI=1S/C13H20N2O2/c16-12-8-15(4-3-14-12)13(17)7-11-6-9-1-2-10(11)5-9/h9-11H,1-8H2,(H,14,16). The number of carbonyl (C=O) groups excluding carboxylic acids is 2. The minimum absolute atomic E-state index is 0.0162. The van der Waals surface area contributed by atoms with Gasteiger partial charge in [-0.2, -0.15) is 0 Å². The third-order valence-electron chi connectivity index (χ3n) is 4.71. The summed E-state index contributed by atoms with van der Waals surface area (Å²) in [5.41, 5.74) is 0. The first kappa shape index (κ1) is 11.1. The summed E-state index contributed by atoms with van der Waals surface area (Å²) in [5, 5.41) is 2.75. The number of hydrogen-bond acceptors (Lipinski definition) is 2. The molecule has 3 unspecified atom stereocenters. The summed E-state index contributed by atoms with van der Waals surface area (Å²) in [6.45, 7) is 1.56. The third kappa shape index (κ3) is 2.17. The van der Waals surface area contributed by atoms with Gasteiger partial charge < -0.3 is 10.2 Å². The first-order valence-electron chi connectivity index (χ1n) is 6.77. The summed E-state index contributed by atoms with van der Waals surface area (Å²) >= 11 is 0. The molecule has 2 amide bonds. The van der Waals surface area contributed by atoms with Gasteiger partial charge in [-0.3, -0.25) is 9.59 Å². The van der Waals surface area contributed by atoms with E-state index in [1.165, 1.54) is 25.7 Å². The second-order valence-corrected chi connectivity index (χ2v) is 5.80. The van der Waals surface area contributed by atoms with Gasteiger partial charge in [-0.25, -0.2) is 0 Å². The highest BCUT2D eigenvalue weighted by molar-refractivity contribution is 5.86. The zero-order chi connectivity index (χ0) is 11.8. The Morgan fingerprint density at radius 2 is 2.24 bits per heavy atom. The van der Waals surface area contributed by atoms with Crippen molar-refractivity contribution in [1.82, 2.24) is 10.2 Å². The van der Waals surface area contributed by atoms with E-state index in [-0.39, 0.29) is 18.4 Å². The molecular weight excluding hydrogens is 216 g/mol. The van der Waals surface area contributed by atoms with E-state index in [2.05, 4.69) is 5.32 Å². The Morgan fingerprint density at radius 1 is 1.35 bits per heavy atom.